The molecule has 39 heavy (non-hydrogen) atoms. The molecule has 0 radical (unpaired) electrons. The molecule has 210 valence electrons. The average Bonchev–Trinajstić information content (AvgIpc) is 3.55. The lowest BCUT2D eigenvalue weighted by atomic mass is 9.85. The molecule has 2 heterocycles. The van der Waals surface area contributed by atoms with Gasteiger partial charge in [-0.15, -0.1) is 0 Å². The van der Waals surface area contributed by atoms with Crippen molar-refractivity contribution in [2.45, 2.75) is 57.0 Å². The van der Waals surface area contributed by atoms with Gasteiger partial charge in [-0.1, -0.05) is 18.2 Å². The fraction of sp³-hybridized carbons (Fsp3) is 0.500. The molecule has 9 nitrogen and oxygen atoms in total. The first kappa shape index (κ1) is 28.6. The van der Waals surface area contributed by atoms with Gasteiger partial charge in [-0.25, -0.2) is 8.78 Å². The Morgan fingerprint density at radius 2 is 2.05 bits per heavy atom. The number of nitrogens with one attached hydrogen (secondary N) is 2. The molecule has 0 saturated heterocycles. The van der Waals surface area contributed by atoms with Crippen LogP contribution in [0.4, 0.5) is 8.78 Å². The standard InChI is InChI=1S/C17H22N4O4.C11H13F2N/c1-20(6-7-22)16(24)11-2-4-13(5-3-11)21-9-12(10-23)15-14(17(21)25)8-18-19-15;1-14-7-8-3-2-4-10-9(8)5-6-11(10,12)13/h8-11,13,22H,2-7H2,1H3,(H,18,19);2-4,14H,5-7H2,1H3. The number of benzene rings is 1. The van der Waals surface area contributed by atoms with Crippen molar-refractivity contribution in [3.8, 4) is 0 Å². The predicted octanol–water partition coefficient (Wildman–Crippen LogP) is 3.16. The van der Waals surface area contributed by atoms with E-state index in [1.54, 1.807) is 34.8 Å². The number of aldehydes is 1. The van der Waals surface area contributed by atoms with E-state index in [0.29, 0.717) is 61.7 Å². The van der Waals surface area contributed by atoms with Crippen LogP contribution in [0.3, 0.4) is 0 Å². The molecular formula is C28H35F2N5O4. The fourth-order valence-electron chi connectivity index (χ4n) is 5.66. The summed E-state index contributed by atoms with van der Waals surface area (Å²) in [7, 11) is 3.52. The largest absolute Gasteiger partial charge is 0.395 e. The van der Waals surface area contributed by atoms with Crippen molar-refractivity contribution in [2.24, 2.45) is 5.92 Å². The fourth-order valence-corrected chi connectivity index (χ4v) is 5.66. The van der Waals surface area contributed by atoms with E-state index < -0.39 is 5.92 Å². The Hall–Kier alpha value is -3.44. The van der Waals surface area contributed by atoms with E-state index in [1.807, 2.05) is 13.1 Å². The second kappa shape index (κ2) is 12.2. The van der Waals surface area contributed by atoms with Crippen LogP contribution >= 0.6 is 0 Å². The van der Waals surface area contributed by atoms with E-state index in [-0.39, 0.29) is 42.0 Å². The molecule has 3 N–H and O–H groups in total. The molecule has 0 aliphatic heterocycles. The maximum atomic E-state index is 13.3. The number of rotatable bonds is 7. The summed E-state index contributed by atoms with van der Waals surface area (Å²) in [6.45, 7) is 0.948. The molecule has 0 spiro atoms. The number of halogens is 2. The van der Waals surface area contributed by atoms with E-state index in [9.17, 15) is 23.2 Å². The number of carbonyl (C=O) groups excluding carboxylic acids is 2. The van der Waals surface area contributed by atoms with Crippen molar-refractivity contribution in [1.29, 1.82) is 0 Å². The lowest BCUT2D eigenvalue weighted by molar-refractivity contribution is -0.135. The Morgan fingerprint density at radius 3 is 2.72 bits per heavy atom. The number of hydrogen-bond donors (Lipinski definition) is 3. The normalized spacial score (nSPS) is 19.7. The summed E-state index contributed by atoms with van der Waals surface area (Å²) in [5.74, 6) is -2.65. The SMILES string of the molecule is CN(CCO)C(=O)C1CCC(n2cc(C=O)c3[nH]ncc3c2=O)CC1.CNCc1cccc2c1CCC2(F)F. The lowest BCUT2D eigenvalue weighted by Crippen LogP contribution is -2.37. The van der Waals surface area contributed by atoms with Crippen molar-refractivity contribution >= 4 is 23.1 Å². The highest BCUT2D eigenvalue weighted by molar-refractivity contribution is 5.94. The highest BCUT2D eigenvalue weighted by atomic mass is 19.3. The summed E-state index contributed by atoms with van der Waals surface area (Å²) in [5, 5.41) is 18.9. The highest BCUT2D eigenvalue weighted by Crippen LogP contribution is 2.42. The third-order valence-corrected chi connectivity index (χ3v) is 7.77. The quantitative estimate of drug-likeness (QED) is 0.394. The summed E-state index contributed by atoms with van der Waals surface area (Å²) >= 11 is 0. The minimum atomic E-state index is -2.61. The van der Waals surface area contributed by atoms with Crippen LogP contribution in [0.25, 0.3) is 10.9 Å². The van der Waals surface area contributed by atoms with Crippen LogP contribution in [0, 0.1) is 5.92 Å². The van der Waals surface area contributed by atoms with E-state index >= 15 is 0 Å². The van der Waals surface area contributed by atoms with Gasteiger partial charge in [-0.2, -0.15) is 5.10 Å². The smallest absolute Gasteiger partial charge is 0.273 e. The lowest BCUT2D eigenvalue weighted by Gasteiger charge is -2.31. The Bertz CT molecular complexity index is 1380. The Morgan fingerprint density at radius 1 is 1.31 bits per heavy atom. The zero-order valence-corrected chi connectivity index (χ0v) is 22.3. The van der Waals surface area contributed by atoms with Gasteiger partial charge in [-0.05, 0) is 50.3 Å². The molecule has 2 aliphatic carbocycles. The molecule has 1 amide bonds. The monoisotopic (exact) mass is 543 g/mol. The minimum Gasteiger partial charge on any atom is -0.395 e. The summed E-state index contributed by atoms with van der Waals surface area (Å²) in [6, 6.07) is 5.14. The van der Waals surface area contributed by atoms with Crippen LogP contribution < -0.4 is 10.9 Å². The molecule has 3 aromatic rings. The van der Waals surface area contributed by atoms with E-state index in [1.165, 1.54) is 6.20 Å². The molecule has 1 fully saturated rings. The van der Waals surface area contributed by atoms with Crippen LogP contribution in [-0.2, 0) is 23.7 Å². The molecule has 2 aromatic heterocycles. The average molecular weight is 544 g/mol. The van der Waals surface area contributed by atoms with Crippen molar-refractivity contribution in [2.75, 3.05) is 27.2 Å². The minimum absolute atomic E-state index is 0.0299. The highest BCUT2D eigenvalue weighted by Gasteiger charge is 2.39. The molecule has 2 aliphatic rings. The second-order valence-electron chi connectivity index (χ2n) is 10.2. The Balaban J connectivity index is 0.000000212. The topological polar surface area (TPSA) is 120 Å². The number of fused-ring (bicyclic) bond motifs is 2. The number of H-pyrrole nitrogens is 1. The maximum absolute atomic E-state index is 13.3. The van der Waals surface area contributed by atoms with Gasteiger partial charge in [0, 0.05) is 50.3 Å². The zero-order chi connectivity index (χ0) is 28.2. The number of nitrogens with zero attached hydrogens (tertiary/aromatic N) is 3. The van der Waals surface area contributed by atoms with Crippen LogP contribution in [0.1, 0.15) is 65.2 Å². The van der Waals surface area contributed by atoms with E-state index in [4.69, 9.17) is 5.11 Å². The van der Waals surface area contributed by atoms with Gasteiger partial charge in [0.25, 0.3) is 11.5 Å². The van der Waals surface area contributed by atoms with Crippen LogP contribution in [0.5, 0.6) is 0 Å². The van der Waals surface area contributed by atoms with Crippen LogP contribution in [-0.4, -0.2) is 64.2 Å². The Labute approximate surface area is 225 Å². The van der Waals surface area contributed by atoms with Crippen LogP contribution in [0.2, 0.25) is 0 Å². The van der Waals surface area contributed by atoms with E-state index in [0.717, 1.165) is 17.4 Å². The predicted molar refractivity (Wildman–Crippen MR) is 143 cm³/mol. The number of aliphatic hydroxyl groups is 1. The summed E-state index contributed by atoms with van der Waals surface area (Å²) in [4.78, 5) is 37.8. The number of aromatic amines is 1. The van der Waals surface area contributed by atoms with Gasteiger partial charge in [0.1, 0.15) is 0 Å². The molecule has 11 heteroatoms. The first-order chi connectivity index (χ1) is 18.7. The van der Waals surface area contributed by atoms with Crippen LogP contribution in [0.15, 0.2) is 35.4 Å². The molecule has 0 unspecified atom stereocenters. The number of aromatic nitrogens is 3. The molecule has 0 atom stereocenters. The first-order valence-electron chi connectivity index (χ1n) is 13.2. The number of amides is 1. The van der Waals surface area contributed by atoms with Crippen molar-refractivity contribution < 1.29 is 23.5 Å². The van der Waals surface area contributed by atoms with Crippen molar-refractivity contribution in [3.63, 3.8) is 0 Å². The van der Waals surface area contributed by atoms with Gasteiger partial charge in [-0.3, -0.25) is 19.5 Å². The summed E-state index contributed by atoms with van der Waals surface area (Å²) < 4.78 is 28.3. The number of likely N-dealkylation sites (N-methyl/N-ethyl adjacent to an activating group) is 1. The van der Waals surface area contributed by atoms with Gasteiger partial charge in [0.05, 0.1) is 29.3 Å². The molecule has 0 bridgehead atoms. The summed E-state index contributed by atoms with van der Waals surface area (Å²) in [5.41, 5.74) is 2.78. The zero-order valence-electron chi connectivity index (χ0n) is 22.3. The molecular weight excluding hydrogens is 508 g/mol. The van der Waals surface area contributed by atoms with Gasteiger partial charge in [0.2, 0.25) is 5.91 Å². The first-order valence-corrected chi connectivity index (χ1v) is 13.2. The maximum Gasteiger partial charge on any atom is 0.273 e. The van der Waals surface area contributed by atoms with Gasteiger partial charge < -0.3 is 19.9 Å². The van der Waals surface area contributed by atoms with Gasteiger partial charge in [0.15, 0.2) is 6.29 Å². The van der Waals surface area contributed by atoms with Crippen molar-refractivity contribution in [3.05, 3.63) is 63.2 Å². The number of aliphatic hydroxyl groups excluding tert-OH is 1. The molecule has 1 saturated carbocycles. The summed E-state index contributed by atoms with van der Waals surface area (Å²) in [6.07, 6.45) is 6.98. The molecule has 1 aromatic carbocycles. The number of carbonyl (C=O) groups is 2. The molecule has 5 rings (SSSR count). The second-order valence-corrected chi connectivity index (χ2v) is 10.2. The third-order valence-electron chi connectivity index (χ3n) is 7.77. The van der Waals surface area contributed by atoms with Crippen molar-refractivity contribution in [1.82, 2.24) is 25.0 Å². The van der Waals surface area contributed by atoms with E-state index in [2.05, 4.69) is 15.5 Å². The number of alkyl halides is 2. The third kappa shape index (κ3) is 5.94. The Kier molecular flexibility index (Phi) is 8.91. The number of pyridine rings is 1. The number of hydrogen-bond acceptors (Lipinski definition) is 6. The van der Waals surface area contributed by atoms with Gasteiger partial charge >= 0.3 is 0 Å².